The second-order valence-electron chi connectivity index (χ2n) is 19.1. The van der Waals surface area contributed by atoms with Crippen molar-refractivity contribution >= 4 is 24.0 Å². The molecule has 4 N–H and O–H groups in total. The summed E-state index contributed by atoms with van der Waals surface area (Å²) in [5, 5.41) is 27.4. The van der Waals surface area contributed by atoms with Crippen molar-refractivity contribution in [3.63, 3.8) is 0 Å². The highest BCUT2D eigenvalue weighted by molar-refractivity contribution is 5.84. The monoisotopic (exact) mass is 896 g/mol. The molecule has 14 heteroatoms. The van der Waals surface area contributed by atoms with Gasteiger partial charge in [-0.1, -0.05) is 62.1 Å². The van der Waals surface area contributed by atoms with Gasteiger partial charge in [-0.3, -0.25) is 38.9 Å². The van der Waals surface area contributed by atoms with E-state index in [1.165, 1.54) is 0 Å². The van der Waals surface area contributed by atoms with E-state index in [0.29, 0.717) is 37.3 Å². The van der Waals surface area contributed by atoms with Gasteiger partial charge in [0.05, 0.1) is 24.2 Å². The Morgan fingerprint density at radius 1 is 0.636 bits per heavy atom. The zero-order chi connectivity index (χ0) is 45.9. The molecule has 0 bridgehead atoms. The number of amides is 2. The maximum absolute atomic E-state index is 13.6. The summed E-state index contributed by atoms with van der Waals surface area (Å²) < 4.78 is 3.68. The summed E-state index contributed by atoms with van der Waals surface area (Å²) in [4.78, 5) is 66.3. The average molecular weight is 897 g/mol. The Morgan fingerprint density at radius 2 is 1.05 bits per heavy atom. The molecule has 4 fully saturated rings. The Hall–Kier alpha value is -5.54. The van der Waals surface area contributed by atoms with Gasteiger partial charge in [0.15, 0.2) is 0 Å². The van der Waals surface area contributed by atoms with E-state index in [1.807, 2.05) is 108 Å². The molecule has 2 saturated carbocycles. The SMILES string of the molecule is C/C=C/c1ccc2n(c1=O)C[C@H]1[C@H](CO)[C@@H](C(=O)NC3CCCC3)N(Cc3cccnc3)[C@@H]21.C/C=C\c1ccc2n(c1=O)C[C@H]1[C@H](CO)[C@@H](C(=O)NC3CCCC3)N(Cc3cccnc3)[C@@H]21. The lowest BCUT2D eigenvalue weighted by atomic mass is 9.88. The number of allylic oxidation sites excluding steroid dienone is 2. The van der Waals surface area contributed by atoms with Crippen LogP contribution in [0.25, 0.3) is 12.2 Å². The van der Waals surface area contributed by atoms with E-state index < -0.39 is 12.1 Å². The summed E-state index contributed by atoms with van der Waals surface area (Å²) in [5.74, 6) is -0.480. The van der Waals surface area contributed by atoms with Crippen LogP contribution in [0.3, 0.4) is 0 Å². The minimum absolute atomic E-state index is 0.000411. The van der Waals surface area contributed by atoms with Gasteiger partial charge in [-0.05, 0) is 87.1 Å². The van der Waals surface area contributed by atoms with Crippen LogP contribution in [-0.2, 0) is 35.8 Å². The van der Waals surface area contributed by atoms with E-state index in [0.717, 1.165) is 73.9 Å². The number of carbonyl (C=O) groups is 2. The fraction of sp³-hybridized carbons (Fsp3) is 0.500. The van der Waals surface area contributed by atoms with Crippen molar-refractivity contribution in [3.05, 3.63) is 140 Å². The maximum atomic E-state index is 13.6. The van der Waals surface area contributed by atoms with Crippen molar-refractivity contribution in [1.82, 2.24) is 39.5 Å². The van der Waals surface area contributed by atoms with E-state index in [4.69, 9.17) is 0 Å². The van der Waals surface area contributed by atoms with E-state index in [2.05, 4.69) is 30.4 Å². The predicted octanol–water partition coefficient (Wildman–Crippen LogP) is 5.00. The molecule has 66 heavy (non-hydrogen) atoms. The number of hydrogen-bond acceptors (Lipinski definition) is 10. The van der Waals surface area contributed by atoms with Crippen molar-refractivity contribution in [2.24, 2.45) is 23.7 Å². The van der Waals surface area contributed by atoms with Crippen LogP contribution in [0.15, 0.2) is 95.1 Å². The first-order valence-electron chi connectivity index (χ1n) is 24.1. The molecular formula is C52H64N8O6. The zero-order valence-corrected chi connectivity index (χ0v) is 38.1. The summed E-state index contributed by atoms with van der Waals surface area (Å²) in [6, 6.07) is 15.0. The van der Waals surface area contributed by atoms with Crippen LogP contribution in [-0.4, -0.2) is 88.3 Å². The normalized spacial score (nSPS) is 27.2. The molecule has 4 aromatic rings. The molecule has 348 valence electrons. The van der Waals surface area contributed by atoms with Gasteiger partial charge in [0.2, 0.25) is 11.8 Å². The Labute approximate surface area is 386 Å². The molecule has 2 aliphatic carbocycles. The third kappa shape index (κ3) is 8.76. The van der Waals surface area contributed by atoms with Crippen LogP contribution in [0.5, 0.6) is 0 Å². The lowest BCUT2D eigenvalue weighted by Gasteiger charge is -2.31. The number of hydrogen-bond donors (Lipinski definition) is 4. The summed E-state index contributed by atoms with van der Waals surface area (Å²) in [6.45, 7) is 5.75. The van der Waals surface area contributed by atoms with Crippen molar-refractivity contribution in [1.29, 1.82) is 0 Å². The summed E-state index contributed by atoms with van der Waals surface area (Å²) >= 11 is 0. The van der Waals surface area contributed by atoms with Crippen LogP contribution in [0, 0.1) is 23.7 Å². The number of nitrogens with zero attached hydrogens (tertiary/aromatic N) is 6. The smallest absolute Gasteiger partial charge is 0.258 e. The number of aliphatic hydroxyl groups is 2. The molecule has 0 spiro atoms. The van der Waals surface area contributed by atoms with Gasteiger partial charge >= 0.3 is 0 Å². The number of fused-ring (bicyclic) bond motifs is 6. The zero-order valence-electron chi connectivity index (χ0n) is 38.1. The molecule has 4 aliphatic heterocycles. The average Bonchev–Trinajstić information content (AvgIpc) is 4.20. The lowest BCUT2D eigenvalue weighted by molar-refractivity contribution is -0.129. The van der Waals surface area contributed by atoms with Gasteiger partial charge in [0.25, 0.3) is 11.1 Å². The highest BCUT2D eigenvalue weighted by atomic mass is 16.3. The van der Waals surface area contributed by atoms with E-state index in [1.54, 1.807) is 12.4 Å². The molecule has 0 aromatic carbocycles. The highest BCUT2D eigenvalue weighted by Crippen LogP contribution is 2.51. The molecule has 2 saturated heterocycles. The number of aromatic nitrogens is 4. The second-order valence-corrected chi connectivity index (χ2v) is 19.1. The molecule has 6 aliphatic rings. The Balaban J connectivity index is 0.000000166. The summed E-state index contributed by atoms with van der Waals surface area (Å²) in [7, 11) is 0. The largest absolute Gasteiger partial charge is 0.396 e. The van der Waals surface area contributed by atoms with Gasteiger partial charge in [-0.15, -0.1) is 0 Å². The third-order valence-corrected chi connectivity index (χ3v) is 15.2. The van der Waals surface area contributed by atoms with Crippen LogP contribution in [0.4, 0.5) is 0 Å². The number of carbonyl (C=O) groups excluding carboxylic acids is 2. The molecule has 0 radical (unpaired) electrons. The summed E-state index contributed by atoms with van der Waals surface area (Å²) in [6.07, 6.45) is 23.2. The van der Waals surface area contributed by atoms with E-state index >= 15 is 0 Å². The fourth-order valence-corrected chi connectivity index (χ4v) is 12.3. The molecule has 8 atom stereocenters. The molecular weight excluding hydrogens is 833 g/mol. The first kappa shape index (κ1) is 45.6. The van der Waals surface area contributed by atoms with Crippen molar-refractivity contribution < 1.29 is 19.8 Å². The topological polar surface area (TPSA) is 175 Å². The van der Waals surface area contributed by atoms with Crippen LogP contribution in [0.2, 0.25) is 0 Å². The van der Waals surface area contributed by atoms with Gasteiger partial charge in [-0.2, -0.15) is 0 Å². The third-order valence-electron chi connectivity index (χ3n) is 15.2. The lowest BCUT2D eigenvalue weighted by Crippen LogP contribution is -2.50. The maximum Gasteiger partial charge on any atom is 0.258 e. The number of aliphatic hydroxyl groups excluding tert-OH is 2. The first-order valence-corrected chi connectivity index (χ1v) is 24.1. The van der Waals surface area contributed by atoms with Gasteiger partial charge in [0, 0.05) is 122 Å². The highest BCUT2D eigenvalue weighted by Gasteiger charge is 2.57. The van der Waals surface area contributed by atoms with E-state index in [-0.39, 0.29) is 84.0 Å². The fourth-order valence-electron chi connectivity index (χ4n) is 12.3. The second kappa shape index (κ2) is 20.1. The summed E-state index contributed by atoms with van der Waals surface area (Å²) in [5.41, 5.74) is 5.19. The standard InChI is InChI=1S/2C26H32N4O3/c2*1-2-6-18-10-11-22-23-20(15-29(22)26(18)33)21(16-31)24(25(32)28-19-8-3-4-9-19)30(23)14-17-7-5-12-27-13-17/h2*2,5-7,10-13,19-21,23-24,31H,3-4,8-9,14-16H2,1H3,(H,28,32)/b6-2+;6-2-/t2*20-,21-,23+,24-/m00/s1. The minimum Gasteiger partial charge on any atom is -0.396 e. The molecule has 4 aromatic heterocycles. The predicted molar refractivity (Wildman–Crippen MR) is 252 cm³/mol. The Bertz CT molecular complexity index is 2360. The van der Waals surface area contributed by atoms with E-state index in [9.17, 15) is 29.4 Å². The van der Waals surface area contributed by atoms with Crippen molar-refractivity contribution in [3.8, 4) is 0 Å². The molecule has 2 amide bonds. The van der Waals surface area contributed by atoms with Crippen LogP contribution >= 0.6 is 0 Å². The molecule has 10 rings (SSSR count). The number of likely N-dealkylation sites (tertiary alicyclic amines) is 2. The van der Waals surface area contributed by atoms with Crippen molar-refractivity contribution in [2.75, 3.05) is 13.2 Å². The quantitative estimate of drug-likeness (QED) is 0.152. The number of rotatable bonds is 12. The Kier molecular flexibility index (Phi) is 13.9. The first-order chi connectivity index (χ1) is 32.2. The minimum atomic E-state index is -0.440. The van der Waals surface area contributed by atoms with Crippen LogP contribution < -0.4 is 21.8 Å². The van der Waals surface area contributed by atoms with Gasteiger partial charge < -0.3 is 30.0 Å². The number of pyridine rings is 4. The molecule has 0 unspecified atom stereocenters. The van der Waals surface area contributed by atoms with Gasteiger partial charge in [0.1, 0.15) is 0 Å². The molecule has 14 nitrogen and oxygen atoms in total. The molecule has 8 heterocycles. The number of nitrogens with one attached hydrogen (secondary N) is 2. The van der Waals surface area contributed by atoms with Crippen LogP contribution in [0.1, 0.15) is 111 Å². The Morgan fingerprint density at radius 3 is 1.39 bits per heavy atom. The van der Waals surface area contributed by atoms with Crippen molar-refractivity contribution in [2.45, 2.75) is 128 Å². The van der Waals surface area contributed by atoms with Gasteiger partial charge in [-0.25, -0.2) is 0 Å².